The molecular formula is C11H18N4O. The van der Waals surface area contributed by atoms with Gasteiger partial charge in [-0.1, -0.05) is 12.8 Å². The van der Waals surface area contributed by atoms with E-state index in [4.69, 9.17) is 5.73 Å². The fraction of sp³-hybridized carbons (Fsp3) is 0.636. The summed E-state index contributed by atoms with van der Waals surface area (Å²) < 4.78 is 0. The van der Waals surface area contributed by atoms with Gasteiger partial charge < -0.3 is 11.1 Å². The zero-order valence-corrected chi connectivity index (χ0v) is 9.28. The predicted molar refractivity (Wildman–Crippen MR) is 60.4 cm³/mol. The summed E-state index contributed by atoms with van der Waals surface area (Å²) in [7, 11) is 0. The maximum Gasteiger partial charge on any atom is 0.222 e. The lowest BCUT2D eigenvalue weighted by molar-refractivity contribution is -0.123. The number of aromatic amines is 1. The predicted octanol–water partition coefficient (Wildman–Crippen LogP) is 0.543. The third-order valence-corrected chi connectivity index (χ3v) is 3.24. The molecule has 0 spiro atoms. The second kappa shape index (κ2) is 5.12. The quantitative estimate of drug-likeness (QED) is 0.695. The van der Waals surface area contributed by atoms with E-state index in [1.165, 1.54) is 6.42 Å². The molecule has 0 aliphatic heterocycles. The lowest BCUT2D eigenvalue weighted by atomic mass is 9.84. The van der Waals surface area contributed by atoms with Crippen molar-refractivity contribution in [3.8, 4) is 0 Å². The maximum atomic E-state index is 11.3. The molecule has 1 aromatic rings. The lowest BCUT2D eigenvalue weighted by Crippen LogP contribution is -2.44. The Bertz CT molecular complexity index is 336. The Morgan fingerprint density at radius 2 is 2.38 bits per heavy atom. The van der Waals surface area contributed by atoms with Crippen molar-refractivity contribution in [1.29, 1.82) is 0 Å². The van der Waals surface area contributed by atoms with Gasteiger partial charge in [0.2, 0.25) is 5.91 Å². The Kier molecular flexibility index (Phi) is 3.56. The lowest BCUT2D eigenvalue weighted by Gasteiger charge is -2.29. The minimum atomic E-state index is -0.179. The van der Waals surface area contributed by atoms with E-state index in [0.29, 0.717) is 6.54 Å². The van der Waals surface area contributed by atoms with E-state index >= 15 is 0 Å². The van der Waals surface area contributed by atoms with E-state index < -0.39 is 0 Å². The molecular weight excluding hydrogens is 204 g/mol. The molecule has 1 aliphatic rings. The molecule has 1 saturated carbocycles. The number of rotatable bonds is 4. The zero-order valence-electron chi connectivity index (χ0n) is 9.28. The van der Waals surface area contributed by atoms with Gasteiger partial charge in [0.05, 0.1) is 5.92 Å². The van der Waals surface area contributed by atoms with Crippen molar-refractivity contribution < 1.29 is 4.79 Å². The van der Waals surface area contributed by atoms with E-state index in [-0.39, 0.29) is 17.9 Å². The highest BCUT2D eigenvalue weighted by Gasteiger charge is 2.28. The van der Waals surface area contributed by atoms with Gasteiger partial charge >= 0.3 is 0 Å². The van der Waals surface area contributed by atoms with Gasteiger partial charge in [-0.2, -0.15) is 5.10 Å². The summed E-state index contributed by atoms with van der Waals surface area (Å²) in [5.74, 6) is -0.196. The van der Waals surface area contributed by atoms with Crippen LogP contribution >= 0.6 is 0 Å². The van der Waals surface area contributed by atoms with Gasteiger partial charge in [0.15, 0.2) is 0 Å². The number of aromatic nitrogens is 2. The van der Waals surface area contributed by atoms with E-state index in [1.54, 1.807) is 6.20 Å². The van der Waals surface area contributed by atoms with Crippen molar-refractivity contribution in [3.05, 3.63) is 18.0 Å². The van der Waals surface area contributed by atoms with Crippen molar-refractivity contribution in [2.75, 3.05) is 0 Å². The fourth-order valence-electron chi connectivity index (χ4n) is 2.34. The van der Waals surface area contributed by atoms with Crippen LogP contribution in [0.1, 0.15) is 31.4 Å². The van der Waals surface area contributed by atoms with Crippen molar-refractivity contribution in [2.24, 2.45) is 11.7 Å². The van der Waals surface area contributed by atoms with Crippen LogP contribution in [-0.4, -0.2) is 22.1 Å². The Morgan fingerprint density at radius 1 is 1.56 bits per heavy atom. The zero-order chi connectivity index (χ0) is 11.4. The molecule has 5 heteroatoms. The van der Waals surface area contributed by atoms with Crippen LogP contribution in [0.25, 0.3) is 0 Å². The normalized spacial score (nSPS) is 25.5. The van der Waals surface area contributed by atoms with Crippen molar-refractivity contribution in [2.45, 2.75) is 38.3 Å². The van der Waals surface area contributed by atoms with E-state index in [2.05, 4.69) is 15.5 Å². The van der Waals surface area contributed by atoms with Crippen LogP contribution < -0.4 is 11.1 Å². The highest BCUT2D eigenvalue weighted by atomic mass is 16.1. The minimum Gasteiger partial charge on any atom is -0.369 e. The molecule has 0 bridgehead atoms. The Hall–Kier alpha value is -1.36. The second-order valence-electron chi connectivity index (χ2n) is 4.36. The summed E-state index contributed by atoms with van der Waals surface area (Å²) in [6.07, 6.45) is 5.95. The number of carbonyl (C=O) groups is 1. The third kappa shape index (κ3) is 2.61. The molecule has 88 valence electrons. The molecule has 16 heavy (non-hydrogen) atoms. The van der Waals surface area contributed by atoms with Gasteiger partial charge in [-0.3, -0.25) is 9.89 Å². The molecule has 0 radical (unpaired) electrons. The third-order valence-electron chi connectivity index (χ3n) is 3.24. The summed E-state index contributed by atoms with van der Waals surface area (Å²) in [6, 6.07) is 2.14. The van der Waals surface area contributed by atoms with Crippen LogP contribution in [0.3, 0.4) is 0 Å². The summed E-state index contributed by atoms with van der Waals surface area (Å²) >= 11 is 0. The summed E-state index contributed by atoms with van der Waals surface area (Å²) in [5, 5.41) is 10.2. The highest BCUT2D eigenvalue weighted by Crippen LogP contribution is 2.24. The molecule has 2 atom stereocenters. The molecule has 1 fully saturated rings. The first kappa shape index (κ1) is 11.1. The first-order chi connectivity index (χ1) is 7.77. The van der Waals surface area contributed by atoms with Crippen molar-refractivity contribution in [1.82, 2.24) is 15.5 Å². The topological polar surface area (TPSA) is 83.8 Å². The van der Waals surface area contributed by atoms with Gasteiger partial charge in [0.1, 0.15) is 0 Å². The fourth-order valence-corrected chi connectivity index (χ4v) is 2.34. The van der Waals surface area contributed by atoms with Gasteiger partial charge in [0, 0.05) is 24.5 Å². The number of H-pyrrole nitrogens is 1. The standard InChI is InChI=1S/C11H18N4O/c12-11(16)9-3-1-2-4-10(9)13-7-8-5-6-14-15-8/h5-6,9-10,13H,1-4,7H2,(H2,12,16)(H,14,15). The number of nitrogens with zero attached hydrogens (tertiary/aromatic N) is 1. The van der Waals surface area contributed by atoms with Crippen LogP contribution in [0.4, 0.5) is 0 Å². The SMILES string of the molecule is NC(=O)C1CCCCC1NCc1ccn[nH]1. The number of hydrogen-bond donors (Lipinski definition) is 3. The van der Waals surface area contributed by atoms with E-state index in [0.717, 1.165) is 25.0 Å². The van der Waals surface area contributed by atoms with Gasteiger partial charge in [-0.05, 0) is 18.9 Å². The highest BCUT2D eigenvalue weighted by molar-refractivity contribution is 5.77. The first-order valence-electron chi connectivity index (χ1n) is 5.78. The number of nitrogens with two attached hydrogens (primary N) is 1. The number of nitrogens with one attached hydrogen (secondary N) is 2. The van der Waals surface area contributed by atoms with Gasteiger partial charge in [0.25, 0.3) is 0 Å². The molecule has 0 saturated heterocycles. The monoisotopic (exact) mass is 222 g/mol. The number of amides is 1. The summed E-state index contributed by atoms with van der Waals surface area (Å²) in [4.78, 5) is 11.3. The summed E-state index contributed by atoms with van der Waals surface area (Å²) in [5.41, 5.74) is 6.44. The van der Waals surface area contributed by atoms with Crippen molar-refractivity contribution >= 4 is 5.91 Å². The summed E-state index contributed by atoms with van der Waals surface area (Å²) in [6.45, 7) is 0.717. The first-order valence-corrected chi connectivity index (χ1v) is 5.78. The molecule has 2 rings (SSSR count). The van der Waals surface area contributed by atoms with Crippen LogP contribution in [0.2, 0.25) is 0 Å². The Balaban J connectivity index is 1.89. The molecule has 0 aromatic carbocycles. The molecule has 1 aromatic heterocycles. The number of hydrogen-bond acceptors (Lipinski definition) is 3. The second-order valence-corrected chi connectivity index (χ2v) is 4.36. The van der Waals surface area contributed by atoms with Gasteiger partial charge in [-0.15, -0.1) is 0 Å². The average molecular weight is 222 g/mol. The van der Waals surface area contributed by atoms with Crippen LogP contribution in [0.15, 0.2) is 12.3 Å². The minimum absolute atomic E-state index is 0.0170. The molecule has 1 aliphatic carbocycles. The Morgan fingerprint density at radius 3 is 3.06 bits per heavy atom. The number of carbonyl (C=O) groups excluding carboxylic acids is 1. The molecule has 1 heterocycles. The van der Waals surface area contributed by atoms with E-state index in [9.17, 15) is 4.79 Å². The van der Waals surface area contributed by atoms with Crippen LogP contribution in [0, 0.1) is 5.92 Å². The molecule has 4 N–H and O–H groups in total. The van der Waals surface area contributed by atoms with E-state index in [1.807, 2.05) is 6.07 Å². The van der Waals surface area contributed by atoms with Crippen LogP contribution in [0.5, 0.6) is 0 Å². The molecule has 2 unspecified atom stereocenters. The molecule has 5 nitrogen and oxygen atoms in total. The number of primary amides is 1. The van der Waals surface area contributed by atoms with Crippen molar-refractivity contribution in [3.63, 3.8) is 0 Å². The smallest absolute Gasteiger partial charge is 0.222 e. The largest absolute Gasteiger partial charge is 0.369 e. The molecule has 1 amide bonds. The average Bonchev–Trinajstić information content (AvgIpc) is 2.79. The van der Waals surface area contributed by atoms with Crippen LogP contribution in [-0.2, 0) is 11.3 Å². The maximum absolute atomic E-state index is 11.3. The van der Waals surface area contributed by atoms with Gasteiger partial charge in [-0.25, -0.2) is 0 Å². The Labute approximate surface area is 94.8 Å².